The molecule has 2 rings (SSSR count). The molecular formula is C12H21N3O2. The van der Waals surface area contributed by atoms with Gasteiger partial charge in [-0.15, -0.1) is 0 Å². The summed E-state index contributed by atoms with van der Waals surface area (Å²) in [5, 5.41) is 3.22. The van der Waals surface area contributed by atoms with E-state index in [4.69, 9.17) is 0 Å². The first-order valence-electron chi connectivity index (χ1n) is 6.49. The highest BCUT2D eigenvalue weighted by Gasteiger charge is 2.30. The molecule has 96 valence electrons. The second kappa shape index (κ2) is 5.49. The highest BCUT2D eigenvalue weighted by atomic mass is 16.2. The Hall–Kier alpha value is -1.10. The molecule has 0 aromatic carbocycles. The second-order valence-electron chi connectivity index (χ2n) is 4.80. The molecule has 2 amide bonds. The number of piperidine rings is 1. The van der Waals surface area contributed by atoms with Gasteiger partial charge in [0.15, 0.2) is 0 Å². The zero-order chi connectivity index (χ0) is 12.3. The molecule has 2 heterocycles. The van der Waals surface area contributed by atoms with Crippen molar-refractivity contribution >= 4 is 11.8 Å². The molecule has 0 radical (unpaired) electrons. The van der Waals surface area contributed by atoms with Crippen LogP contribution in [0.3, 0.4) is 0 Å². The van der Waals surface area contributed by atoms with Gasteiger partial charge < -0.3 is 15.1 Å². The van der Waals surface area contributed by atoms with Crippen molar-refractivity contribution in [1.82, 2.24) is 15.1 Å². The number of likely N-dealkylation sites (tertiary alicyclic amines) is 1. The van der Waals surface area contributed by atoms with E-state index in [-0.39, 0.29) is 17.9 Å². The number of carbonyl (C=O) groups excluding carboxylic acids is 2. The fourth-order valence-corrected chi connectivity index (χ4v) is 2.52. The third kappa shape index (κ3) is 2.77. The van der Waals surface area contributed by atoms with Crippen LogP contribution in [0.15, 0.2) is 0 Å². The van der Waals surface area contributed by atoms with E-state index in [9.17, 15) is 9.59 Å². The molecule has 2 aliphatic rings. The lowest BCUT2D eigenvalue weighted by molar-refractivity contribution is -0.147. The maximum atomic E-state index is 12.2. The second-order valence-corrected chi connectivity index (χ2v) is 4.80. The summed E-state index contributed by atoms with van der Waals surface area (Å²) in [7, 11) is 0. The summed E-state index contributed by atoms with van der Waals surface area (Å²) < 4.78 is 0. The number of piperazine rings is 1. The first-order chi connectivity index (χ1) is 8.20. The summed E-state index contributed by atoms with van der Waals surface area (Å²) in [5.74, 6) is 0.231. The van der Waals surface area contributed by atoms with Crippen molar-refractivity contribution in [3.8, 4) is 0 Å². The van der Waals surface area contributed by atoms with Crippen molar-refractivity contribution < 1.29 is 9.59 Å². The molecule has 17 heavy (non-hydrogen) atoms. The molecule has 2 aliphatic heterocycles. The monoisotopic (exact) mass is 239 g/mol. The molecular weight excluding hydrogens is 218 g/mol. The van der Waals surface area contributed by atoms with Crippen molar-refractivity contribution in [2.45, 2.75) is 32.2 Å². The SMILES string of the molecule is CC(C(=O)N1CCNCC1)N1CCCCC1=O. The highest BCUT2D eigenvalue weighted by Crippen LogP contribution is 2.15. The van der Waals surface area contributed by atoms with Crippen LogP contribution in [0.1, 0.15) is 26.2 Å². The number of hydrogen-bond acceptors (Lipinski definition) is 3. The lowest BCUT2D eigenvalue weighted by atomic mass is 10.1. The van der Waals surface area contributed by atoms with E-state index < -0.39 is 0 Å². The predicted octanol–water partition coefficient (Wildman–Crippen LogP) is -0.181. The molecule has 5 heteroatoms. The number of nitrogens with one attached hydrogen (secondary N) is 1. The van der Waals surface area contributed by atoms with Crippen LogP contribution in [0.4, 0.5) is 0 Å². The maximum Gasteiger partial charge on any atom is 0.245 e. The summed E-state index contributed by atoms with van der Waals surface area (Å²) in [6, 6.07) is -0.291. The lowest BCUT2D eigenvalue weighted by Gasteiger charge is -2.36. The van der Waals surface area contributed by atoms with Gasteiger partial charge in [-0.3, -0.25) is 9.59 Å². The largest absolute Gasteiger partial charge is 0.338 e. The van der Waals surface area contributed by atoms with Crippen LogP contribution in [-0.2, 0) is 9.59 Å². The van der Waals surface area contributed by atoms with Crippen molar-refractivity contribution in [2.24, 2.45) is 0 Å². The molecule has 5 nitrogen and oxygen atoms in total. The van der Waals surface area contributed by atoms with Gasteiger partial charge in [-0.05, 0) is 19.8 Å². The Morgan fingerprint density at radius 3 is 2.59 bits per heavy atom. The fourth-order valence-electron chi connectivity index (χ4n) is 2.52. The van der Waals surface area contributed by atoms with Crippen LogP contribution in [-0.4, -0.2) is 60.4 Å². The van der Waals surface area contributed by atoms with E-state index in [1.807, 2.05) is 11.8 Å². The molecule has 0 spiro atoms. The smallest absolute Gasteiger partial charge is 0.245 e. The van der Waals surface area contributed by atoms with Gasteiger partial charge in [0.05, 0.1) is 0 Å². The standard InChI is InChI=1S/C12H21N3O2/c1-10(15-7-3-2-4-11(15)16)12(17)14-8-5-13-6-9-14/h10,13H,2-9H2,1H3. The third-order valence-electron chi connectivity index (χ3n) is 3.61. The molecule has 2 fully saturated rings. The molecule has 1 N–H and O–H groups in total. The molecule has 1 atom stereocenters. The number of carbonyl (C=O) groups is 2. The van der Waals surface area contributed by atoms with E-state index in [1.54, 1.807) is 4.90 Å². The van der Waals surface area contributed by atoms with E-state index >= 15 is 0 Å². The summed E-state index contributed by atoms with van der Waals surface area (Å²) in [6.07, 6.45) is 2.58. The molecule has 0 aromatic rings. The van der Waals surface area contributed by atoms with Gasteiger partial charge >= 0.3 is 0 Å². The lowest BCUT2D eigenvalue weighted by Crippen LogP contribution is -2.55. The van der Waals surface area contributed by atoms with Crippen molar-refractivity contribution in [2.75, 3.05) is 32.7 Å². The summed E-state index contributed by atoms with van der Waals surface area (Å²) >= 11 is 0. The first-order valence-corrected chi connectivity index (χ1v) is 6.49. The predicted molar refractivity (Wildman–Crippen MR) is 64.5 cm³/mol. The molecule has 2 saturated heterocycles. The van der Waals surface area contributed by atoms with Gasteiger partial charge in [0.25, 0.3) is 0 Å². The van der Waals surface area contributed by atoms with Crippen molar-refractivity contribution in [3.63, 3.8) is 0 Å². The minimum absolute atomic E-state index is 0.0988. The first kappa shape index (κ1) is 12.4. The van der Waals surface area contributed by atoms with Crippen molar-refractivity contribution in [1.29, 1.82) is 0 Å². The maximum absolute atomic E-state index is 12.2. The van der Waals surface area contributed by atoms with Crippen LogP contribution >= 0.6 is 0 Å². The Morgan fingerprint density at radius 2 is 1.94 bits per heavy atom. The molecule has 1 unspecified atom stereocenters. The van der Waals surface area contributed by atoms with Crippen LogP contribution < -0.4 is 5.32 Å². The van der Waals surface area contributed by atoms with Crippen LogP contribution in [0.5, 0.6) is 0 Å². The minimum Gasteiger partial charge on any atom is -0.338 e. The zero-order valence-electron chi connectivity index (χ0n) is 10.4. The Labute approximate surface area is 102 Å². The van der Waals surface area contributed by atoms with E-state index in [1.165, 1.54) is 0 Å². The van der Waals surface area contributed by atoms with Crippen LogP contribution in [0.25, 0.3) is 0 Å². The molecule has 0 bridgehead atoms. The van der Waals surface area contributed by atoms with Gasteiger partial charge in [0.1, 0.15) is 6.04 Å². The Balaban J connectivity index is 1.95. The third-order valence-corrected chi connectivity index (χ3v) is 3.61. The van der Waals surface area contributed by atoms with Crippen LogP contribution in [0.2, 0.25) is 0 Å². The zero-order valence-corrected chi connectivity index (χ0v) is 10.4. The fraction of sp³-hybridized carbons (Fsp3) is 0.833. The van der Waals surface area contributed by atoms with Gasteiger partial charge in [0, 0.05) is 39.1 Å². The average molecular weight is 239 g/mol. The minimum atomic E-state index is -0.291. The summed E-state index contributed by atoms with van der Waals surface area (Å²) in [4.78, 5) is 27.6. The number of rotatable bonds is 2. The van der Waals surface area contributed by atoms with Crippen LogP contribution in [0, 0.1) is 0 Å². The number of hydrogen-bond donors (Lipinski definition) is 1. The van der Waals surface area contributed by atoms with Gasteiger partial charge in [-0.25, -0.2) is 0 Å². The van der Waals surface area contributed by atoms with Gasteiger partial charge in [-0.2, -0.15) is 0 Å². The quantitative estimate of drug-likeness (QED) is 0.727. The van der Waals surface area contributed by atoms with E-state index in [0.29, 0.717) is 6.42 Å². The van der Waals surface area contributed by atoms with Gasteiger partial charge in [-0.1, -0.05) is 0 Å². The Kier molecular flexibility index (Phi) is 3.99. The van der Waals surface area contributed by atoms with Gasteiger partial charge in [0.2, 0.25) is 11.8 Å². The average Bonchev–Trinajstić information content (AvgIpc) is 2.39. The summed E-state index contributed by atoms with van der Waals surface area (Å²) in [5.41, 5.74) is 0. The highest BCUT2D eigenvalue weighted by molar-refractivity contribution is 5.87. The van der Waals surface area contributed by atoms with E-state index in [2.05, 4.69) is 5.32 Å². The summed E-state index contributed by atoms with van der Waals surface area (Å²) in [6.45, 7) is 5.81. The molecule has 0 aromatic heterocycles. The Bertz CT molecular complexity index is 300. The normalized spacial score (nSPS) is 23.7. The number of amides is 2. The molecule has 0 saturated carbocycles. The van der Waals surface area contributed by atoms with Crippen molar-refractivity contribution in [3.05, 3.63) is 0 Å². The van der Waals surface area contributed by atoms with E-state index in [0.717, 1.165) is 45.6 Å². The molecule has 0 aliphatic carbocycles. The number of nitrogens with zero attached hydrogens (tertiary/aromatic N) is 2. The topological polar surface area (TPSA) is 52.7 Å². The Morgan fingerprint density at radius 1 is 1.24 bits per heavy atom.